The fourth-order valence-corrected chi connectivity index (χ4v) is 1.89. The number of nitrogens with zero attached hydrogens (tertiary/aromatic N) is 1. The van der Waals surface area contributed by atoms with Crippen molar-refractivity contribution >= 4 is 23.5 Å². The molecule has 1 saturated heterocycles. The number of carboxylic acid groups (broad SMARTS) is 1. The molecule has 5 nitrogen and oxygen atoms in total. The van der Waals surface area contributed by atoms with Gasteiger partial charge in [0.15, 0.2) is 0 Å². The quantitative estimate of drug-likeness (QED) is 0.789. The van der Waals surface area contributed by atoms with Crippen molar-refractivity contribution in [2.45, 2.75) is 19.3 Å². The van der Waals surface area contributed by atoms with Crippen LogP contribution < -0.4 is 4.90 Å². The fourth-order valence-electron chi connectivity index (χ4n) is 1.89. The lowest BCUT2D eigenvalue weighted by molar-refractivity contribution is -0.136. The average molecular weight is 233 g/mol. The Morgan fingerprint density at radius 3 is 2.35 bits per heavy atom. The van der Waals surface area contributed by atoms with Crippen LogP contribution in [0, 0.1) is 0 Å². The van der Waals surface area contributed by atoms with E-state index in [1.807, 2.05) is 0 Å². The molecule has 0 atom stereocenters. The van der Waals surface area contributed by atoms with Crippen LogP contribution in [0.25, 0.3) is 0 Å². The van der Waals surface area contributed by atoms with Crippen molar-refractivity contribution in [1.82, 2.24) is 0 Å². The molecular weight excluding hydrogens is 222 g/mol. The number of para-hydroxylation sites is 1. The van der Waals surface area contributed by atoms with Crippen LogP contribution in [0.2, 0.25) is 0 Å². The summed E-state index contributed by atoms with van der Waals surface area (Å²) in [6.07, 6.45) is 0.188. The molecule has 17 heavy (non-hydrogen) atoms. The van der Waals surface area contributed by atoms with Crippen molar-refractivity contribution in [2.24, 2.45) is 0 Å². The van der Waals surface area contributed by atoms with E-state index in [-0.39, 0.29) is 31.1 Å². The molecule has 1 N–H and O–H groups in total. The summed E-state index contributed by atoms with van der Waals surface area (Å²) in [5.41, 5.74) is 0.867. The monoisotopic (exact) mass is 233 g/mol. The van der Waals surface area contributed by atoms with Gasteiger partial charge in [0.2, 0.25) is 11.8 Å². The molecule has 1 aromatic rings. The van der Waals surface area contributed by atoms with Crippen molar-refractivity contribution in [3.05, 3.63) is 29.8 Å². The largest absolute Gasteiger partial charge is 0.481 e. The van der Waals surface area contributed by atoms with Crippen molar-refractivity contribution in [2.75, 3.05) is 4.90 Å². The summed E-state index contributed by atoms with van der Waals surface area (Å²) in [4.78, 5) is 35.0. The van der Waals surface area contributed by atoms with Gasteiger partial charge in [0.1, 0.15) is 0 Å². The number of aliphatic carboxylic acids is 1. The van der Waals surface area contributed by atoms with Gasteiger partial charge in [-0.3, -0.25) is 19.3 Å². The van der Waals surface area contributed by atoms with Gasteiger partial charge < -0.3 is 5.11 Å². The van der Waals surface area contributed by atoms with E-state index in [1.54, 1.807) is 24.3 Å². The standard InChI is InChI=1S/C12H11NO4/c14-10-5-6-11(15)13(10)9-4-2-1-3-8(9)7-12(16)17/h1-4H,5-7H2,(H,16,17). The van der Waals surface area contributed by atoms with Crippen molar-refractivity contribution < 1.29 is 19.5 Å². The van der Waals surface area contributed by atoms with Gasteiger partial charge in [-0.1, -0.05) is 18.2 Å². The number of benzene rings is 1. The number of imide groups is 1. The van der Waals surface area contributed by atoms with Crippen LogP contribution in [0.1, 0.15) is 18.4 Å². The van der Waals surface area contributed by atoms with E-state index < -0.39 is 5.97 Å². The number of carbonyl (C=O) groups excluding carboxylic acids is 2. The highest BCUT2D eigenvalue weighted by Gasteiger charge is 2.31. The summed E-state index contributed by atoms with van der Waals surface area (Å²) >= 11 is 0. The number of carbonyl (C=O) groups is 3. The number of hydrogen-bond acceptors (Lipinski definition) is 3. The maximum Gasteiger partial charge on any atom is 0.307 e. The van der Waals surface area contributed by atoms with Gasteiger partial charge in [0, 0.05) is 12.8 Å². The van der Waals surface area contributed by atoms with Crippen LogP contribution in [0.15, 0.2) is 24.3 Å². The second-order valence-electron chi connectivity index (χ2n) is 3.82. The van der Waals surface area contributed by atoms with E-state index in [1.165, 1.54) is 0 Å². The summed E-state index contributed by atoms with van der Waals surface area (Å²) in [6, 6.07) is 6.58. The zero-order chi connectivity index (χ0) is 12.4. The molecule has 0 unspecified atom stereocenters. The van der Waals surface area contributed by atoms with Gasteiger partial charge in [-0.15, -0.1) is 0 Å². The Morgan fingerprint density at radius 2 is 1.76 bits per heavy atom. The van der Waals surface area contributed by atoms with Crippen LogP contribution in [-0.2, 0) is 20.8 Å². The summed E-state index contributed by atoms with van der Waals surface area (Å²) in [7, 11) is 0. The lowest BCUT2D eigenvalue weighted by Gasteiger charge is -2.17. The maximum absolute atomic E-state index is 11.6. The Morgan fingerprint density at radius 1 is 1.18 bits per heavy atom. The molecule has 1 aromatic carbocycles. The van der Waals surface area contributed by atoms with E-state index in [0.29, 0.717) is 11.3 Å². The molecule has 0 radical (unpaired) electrons. The highest BCUT2D eigenvalue weighted by Crippen LogP contribution is 2.26. The molecule has 1 heterocycles. The van der Waals surface area contributed by atoms with Gasteiger partial charge in [-0.05, 0) is 11.6 Å². The normalized spacial score (nSPS) is 15.4. The topological polar surface area (TPSA) is 74.7 Å². The molecule has 0 saturated carbocycles. The van der Waals surface area contributed by atoms with Gasteiger partial charge >= 0.3 is 5.97 Å². The molecule has 1 aliphatic heterocycles. The van der Waals surface area contributed by atoms with Crippen LogP contribution in [-0.4, -0.2) is 22.9 Å². The van der Waals surface area contributed by atoms with Crippen molar-refractivity contribution in [3.63, 3.8) is 0 Å². The highest BCUT2D eigenvalue weighted by atomic mass is 16.4. The lowest BCUT2D eigenvalue weighted by atomic mass is 10.1. The summed E-state index contributed by atoms with van der Waals surface area (Å²) < 4.78 is 0. The Balaban J connectivity index is 2.40. The first-order valence-electron chi connectivity index (χ1n) is 5.25. The van der Waals surface area contributed by atoms with Gasteiger partial charge in [-0.25, -0.2) is 0 Å². The van der Waals surface area contributed by atoms with Crippen molar-refractivity contribution in [1.29, 1.82) is 0 Å². The molecule has 0 aliphatic carbocycles. The van der Waals surface area contributed by atoms with E-state index in [4.69, 9.17) is 5.11 Å². The van der Waals surface area contributed by atoms with E-state index in [0.717, 1.165) is 4.90 Å². The van der Waals surface area contributed by atoms with Crippen LogP contribution in [0.4, 0.5) is 5.69 Å². The zero-order valence-corrected chi connectivity index (χ0v) is 9.05. The zero-order valence-electron chi connectivity index (χ0n) is 9.05. The molecule has 1 fully saturated rings. The molecule has 0 aromatic heterocycles. The third kappa shape index (κ3) is 2.18. The lowest BCUT2D eigenvalue weighted by Crippen LogP contribution is -2.29. The molecule has 5 heteroatoms. The van der Waals surface area contributed by atoms with E-state index >= 15 is 0 Å². The van der Waals surface area contributed by atoms with E-state index in [2.05, 4.69) is 0 Å². The summed E-state index contributed by atoms with van der Waals surface area (Å²) in [5.74, 6) is -1.53. The minimum absolute atomic E-state index is 0.195. The second kappa shape index (κ2) is 4.37. The first-order valence-corrected chi connectivity index (χ1v) is 5.25. The summed E-state index contributed by atoms with van der Waals surface area (Å²) in [6.45, 7) is 0. The Labute approximate surface area is 97.7 Å². The molecule has 88 valence electrons. The van der Waals surface area contributed by atoms with Gasteiger partial charge in [-0.2, -0.15) is 0 Å². The smallest absolute Gasteiger partial charge is 0.307 e. The highest BCUT2D eigenvalue weighted by molar-refractivity contribution is 6.20. The number of carboxylic acids is 1. The predicted octanol–water partition coefficient (Wildman–Crippen LogP) is 0.967. The van der Waals surface area contributed by atoms with Gasteiger partial charge in [0.05, 0.1) is 12.1 Å². The number of hydrogen-bond donors (Lipinski definition) is 1. The second-order valence-corrected chi connectivity index (χ2v) is 3.82. The Hall–Kier alpha value is -2.17. The first kappa shape index (κ1) is 11.3. The van der Waals surface area contributed by atoms with Gasteiger partial charge in [0.25, 0.3) is 0 Å². The first-order chi connectivity index (χ1) is 8.09. The molecule has 2 rings (SSSR count). The molecule has 2 amide bonds. The Kier molecular flexibility index (Phi) is 2.91. The van der Waals surface area contributed by atoms with Crippen LogP contribution in [0.5, 0.6) is 0 Å². The predicted molar refractivity (Wildman–Crippen MR) is 59.5 cm³/mol. The van der Waals surface area contributed by atoms with Crippen molar-refractivity contribution in [3.8, 4) is 0 Å². The molecule has 1 aliphatic rings. The third-order valence-electron chi connectivity index (χ3n) is 2.63. The molecule has 0 spiro atoms. The maximum atomic E-state index is 11.6. The van der Waals surface area contributed by atoms with E-state index in [9.17, 15) is 14.4 Å². The molecule has 0 bridgehead atoms. The molecular formula is C12H11NO4. The minimum Gasteiger partial charge on any atom is -0.481 e. The fraction of sp³-hybridized carbons (Fsp3) is 0.250. The summed E-state index contributed by atoms with van der Waals surface area (Å²) in [5, 5.41) is 8.78. The average Bonchev–Trinajstić information content (AvgIpc) is 2.59. The SMILES string of the molecule is O=C(O)Cc1ccccc1N1C(=O)CCC1=O. The Bertz CT molecular complexity index is 479. The minimum atomic E-state index is -0.989. The number of anilines is 1. The number of amides is 2. The third-order valence-corrected chi connectivity index (χ3v) is 2.63. The van der Waals surface area contributed by atoms with Crippen LogP contribution in [0.3, 0.4) is 0 Å². The number of rotatable bonds is 3. The van der Waals surface area contributed by atoms with Crippen LogP contribution >= 0.6 is 0 Å².